The third-order valence-corrected chi connectivity index (χ3v) is 2.97. The highest BCUT2D eigenvalue weighted by Crippen LogP contribution is 2.26. The van der Waals surface area contributed by atoms with Gasteiger partial charge in [0.15, 0.2) is 5.82 Å². The predicted octanol–water partition coefficient (Wildman–Crippen LogP) is 1.63. The SMILES string of the molecule is CC(N(C)c1cncc(NN)n1)C(C)(C)C. The second kappa shape index (κ2) is 4.65. The number of rotatable bonds is 3. The summed E-state index contributed by atoms with van der Waals surface area (Å²) in [4.78, 5) is 10.6. The second-order valence-corrected chi connectivity index (χ2v) is 5.06. The highest BCUT2D eigenvalue weighted by molar-refractivity contribution is 5.43. The van der Waals surface area contributed by atoms with Crippen LogP contribution in [-0.2, 0) is 0 Å². The van der Waals surface area contributed by atoms with Gasteiger partial charge in [0.25, 0.3) is 0 Å². The highest BCUT2D eigenvalue weighted by atomic mass is 15.3. The Hall–Kier alpha value is -1.36. The third kappa shape index (κ3) is 2.82. The Bertz CT molecular complexity index is 344. The molecule has 0 saturated heterocycles. The van der Waals surface area contributed by atoms with E-state index in [1.54, 1.807) is 12.4 Å². The summed E-state index contributed by atoms with van der Waals surface area (Å²) in [7, 11) is 2.01. The molecule has 0 spiro atoms. The fourth-order valence-corrected chi connectivity index (χ4v) is 1.37. The van der Waals surface area contributed by atoms with E-state index in [2.05, 4.69) is 48.0 Å². The first-order valence-electron chi connectivity index (χ1n) is 5.37. The Morgan fingerprint density at radius 1 is 1.38 bits per heavy atom. The molecule has 1 atom stereocenters. The summed E-state index contributed by atoms with van der Waals surface area (Å²) in [6, 6.07) is 0.356. The van der Waals surface area contributed by atoms with Crippen molar-refractivity contribution in [1.29, 1.82) is 0 Å². The largest absolute Gasteiger partial charge is 0.355 e. The topological polar surface area (TPSA) is 67.1 Å². The molecular weight excluding hydrogens is 202 g/mol. The molecule has 0 saturated carbocycles. The van der Waals surface area contributed by atoms with Crippen molar-refractivity contribution in [3.63, 3.8) is 0 Å². The summed E-state index contributed by atoms with van der Waals surface area (Å²) in [5.74, 6) is 6.70. The van der Waals surface area contributed by atoms with Crippen molar-refractivity contribution in [3.8, 4) is 0 Å². The highest BCUT2D eigenvalue weighted by Gasteiger charge is 2.24. The molecule has 5 heteroatoms. The molecule has 0 bridgehead atoms. The fourth-order valence-electron chi connectivity index (χ4n) is 1.37. The maximum Gasteiger partial charge on any atom is 0.160 e. The molecule has 1 heterocycles. The van der Waals surface area contributed by atoms with Crippen LogP contribution in [0.3, 0.4) is 0 Å². The summed E-state index contributed by atoms with van der Waals surface area (Å²) in [5.41, 5.74) is 2.68. The van der Waals surface area contributed by atoms with E-state index in [-0.39, 0.29) is 5.41 Å². The summed E-state index contributed by atoms with van der Waals surface area (Å²) in [5, 5.41) is 0. The van der Waals surface area contributed by atoms with Gasteiger partial charge in [-0.2, -0.15) is 0 Å². The minimum atomic E-state index is 0.183. The first-order valence-corrected chi connectivity index (χ1v) is 5.37. The van der Waals surface area contributed by atoms with E-state index < -0.39 is 0 Å². The number of hydrazine groups is 1. The molecule has 0 fully saturated rings. The predicted molar refractivity (Wildman–Crippen MR) is 67.2 cm³/mol. The van der Waals surface area contributed by atoms with Crippen LogP contribution in [0.1, 0.15) is 27.7 Å². The Kier molecular flexibility index (Phi) is 3.70. The zero-order valence-electron chi connectivity index (χ0n) is 10.7. The molecule has 0 aromatic carbocycles. The van der Waals surface area contributed by atoms with Crippen molar-refractivity contribution in [2.75, 3.05) is 17.4 Å². The van der Waals surface area contributed by atoms with Gasteiger partial charge in [-0.25, -0.2) is 10.8 Å². The van der Waals surface area contributed by atoms with Crippen LogP contribution in [0.25, 0.3) is 0 Å². The van der Waals surface area contributed by atoms with Gasteiger partial charge in [-0.3, -0.25) is 4.98 Å². The molecule has 0 aliphatic heterocycles. The number of nitrogens with one attached hydrogen (secondary N) is 1. The van der Waals surface area contributed by atoms with Crippen LogP contribution < -0.4 is 16.2 Å². The molecular formula is C11H21N5. The molecule has 3 N–H and O–H groups in total. The molecule has 1 unspecified atom stereocenters. The van der Waals surface area contributed by atoms with Gasteiger partial charge in [-0.1, -0.05) is 20.8 Å². The summed E-state index contributed by atoms with van der Waals surface area (Å²) in [6.45, 7) is 8.77. The standard InChI is InChI=1S/C11H21N5/c1-8(11(2,3)4)16(5)10-7-13-6-9(14-10)15-12/h6-8H,12H2,1-5H3,(H,14,15). The van der Waals surface area contributed by atoms with Crippen molar-refractivity contribution in [1.82, 2.24) is 9.97 Å². The van der Waals surface area contributed by atoms with Gasteiger partial charge in [0.1, 0.15) is 5.82 Å². The number of anilines is 2. The molecule has 5 nitrogen and oxygen atoms in total. The monoisotopic (exact) mass is 223 g/mol. The van der Waals surface area contributed by atoms with Crippen molar-refractivity contribution in [3.05, 3.63) is 12.4 Å². The maximum absolute atomic E-state index is 5.31. The lowest BCUT2D eigenvalue weighted by molar-refractivity contribution is 0.328. The molecule has 16 heavy (non-hydrogen) atoms. The zero-order valence-corrected chi connectivity index (χ0v) is 10.7. The van der Waals surface area contributed by atoms with E-state index in [1.165, 1.54) is 0 Å². The molecule has 0 amide bonds. The van der Waals surface area contributed by atoms with Crippen LogP contribution in [0.5, 0.6) is 0 Å². The normalized spacial score (nSPS) is 13.4. The Morgan fingerprint density at radius 3 is 2.50 bits per heavy atom. The zero-order chi connectivity index (χ0) is 12.3. The van der Waals surface area contributed by atoms with E-state index >= 15 is 0 Å². The smallest absolute Gasteiger partial charge is 0.160 e. The molecule has 0 aliphatic carbocycles. The number of aromatic nitrogens is 2. The number of hydrogen-bond donors (Lipinski definition) is 2. The van der Waals surface area contributed by atoms with E-state index in [1.807, 2.05) is 7.05 Å². The average Bonchev–Trinajstić information content (AvgIpc) is 2.26. The molecule has 1 rings (SSSR count). The minimum absolute atomic E-state index is 0.183. The van der Waals surface area contributed by atoms with Crippen LogP contribution in [-0.4, -0.2) is 23.1 Å². The second-order valence-electron chi connectivity index (χ2n) is 5.06. The molecule has 1 aromatic rings. The lowest BCUT2D eigenvalue weighted by Gasteiger charge is -2.35. The number of nitrogens with two attached hydrogens (primary N) is 1. The average molecular weight is 223 g/mol. The number of nitrogen functional groups attached to an aromatic ring is 1. The first kappa shape index (κ1) is 12.7. The van der Waals surface area contributed by atoms with Crippen LogP contribution in [0.4, 0.5) is 11.6 Å². The quantitative estimate of drug-likeness (QED) is 0.602. The Morgan fingerprint density at radius 2 is 2.00 bits per heavy atom. The van der Waals surface area contributed by atoms with Gasteiger partial charge >= 0.3 is 0 Å². The Labute approximate surface area is 97.0 Å². The number of hydrogen-bond acceptors (Lipinski definition) is 5. The lowest BCUT2D eigenvalue weighted by Crippen LogP contribution is -2.40. The summed E-state index contributed by atoms with van der Waals surface area (Å²) < 4.78 is 0. The van der Waals surface area contributed by atoms with Gasteiger partial charge in [0.05, 0.1) is 12.4 Å². The molecule has 0 aliphatic rings. The van der Waals surface area contributed by atoms with E-state index in [9.17, 15) is 0 Å². The van der Waals surface area contributed by atoms with Gasteiger partial charge in [-0.05, 0) is 12.3 Å². The van der Waals surface area contributed by atoms with Crippen molar-refractivity contribution >= 4 is 11.6 Å². The fraction of sp³-hybridized carbons (Fsp3) is 0.636. The summed E-state index contributed by atoms with van der Waals surface area (Å²) >= 11 is 0. The van der Waals surface area contributed by atoms with Crippen LogP contribution in [0, 0.1) is 5.41 Å². The van der Waals surface area contributed by atoms with Gasteiger partial charge in [-0.15, -0.1) is 0 Å². The van der Waals surface area contributed by atoms with Crippen LogP contribution >= 0.6 is 0 Å². The van der Waals surface area contributed by atoms with Crippen LogP contribution in [0.2, 0.25) is 0 Å². The Balaban J connectivity index is 2.91. The van der Waals surface area contributed by atoms with Crippen molar-refractivity contribution < 1.29 is 0 Å². The third-order valence-electron chi connectivity index (χ3n) is 2.97. The van der Waals surface area contributed by atoms with Gasteiger partial charge < -0.3 is 10.3 Å². The number of nitrogens with zero attached hydrogens (tertiary/aromatic N) is 3. The lowest BCUT2D eigenvalue weighted by atomic mass is 9.87. The molecule has 90 valence electrons. The minimum Gasteiger partial charge on any atom is -0.355 e. The maximum atomic E-state index is 5.31. The van der Waals surface area contributed by atoms with E-state index in [0.29, 0.717) is 11.9 Å². The van der Waals surface area contributed by atoms with Crippen molar-refractivity contribution in [2.24, 2.45) is 11.3 Å². The van der Waals surface area contributed by atoms with E-state index in [0.717, 1.165) is 5.82 Å². The molecule has 1 aromatic heterocycles. The van der Waals surface area contributed by atoms with E-state index in [4.69, 9.17) is 5.84 Å². The first-order chi connectivity index (χ1) is 7.36. The van der Waals surface area contributed by atoms with Gasteiger partial charge in [0.2, 0.25) is 0 Å². The van der Waals surface area contributed by atoms with Gasteiger partial charge in [0, 0.05) is 13.1 Å². The molecule has 0 radical (unpaired) electrons. The summed E-state index contributed by atoms with van der Waals surface area (Å²) in [6.07, 6.45) is 3.34. The van der Waals surface area contributed by atoms with Crippen molar-refractivity contribution in [2.45, 2.75) is 33.7 Å². The van der Waals surface area contributed by atoms with Crippen LogP contribution in [0.15, 0.2) is 12.4 Å².